The number of hydrogen-bond acceptors (Lipinski definition) is 3. The Morgan fingerprint density at radius 2 is 1.91 bits per heavy atom. The molecule has 2 aromatic heterocycles. The van der Waals surface area contributed by atoms with Crippen LogP contribution in [0, 0.1) is 20.8 Å². The molecule has 1 aliphatic rings. The van der Waals surface area contributed by atoms with Gasteiger partial charge in [0.15, 0.2) is 5.11 Å². The lowest BCUT2D eigenvalue weighted by Crippen LogP contribution is -2.33. The van der Waals surface area contributed by atoms with E-state index in [-0.39, 0.29) is 18.0 Å². The lowest BCUT2D eigenvalue weighted by atomic mass is 9.96. The van der Waals surface area contributed by atoms with Crippen LogP contribution in [0.15, 0.2) is 54.7 Å². The number of carbonyl (C=O) groups is 1. The fourth-order valence-corrected chi connectivity index (χ4v) is 4.65. The van der Waals surface area contributed by atoms with Gasteiger partial charge in [-0.2, -0.15) is 0 Å². The Kier molecular flexibility index (Phi) is 6.28. The molecule has 3 aromatic rings. The van der Waals surface area contributed by atoms with Gasteiger partial charge in [0.25, 0.3) is 0 Å². The molecule has 1 amide bonds. The van der Waals surface area contributed by atoms with Gasteiger partial charge in [0, 0.05) is 43.3 Å². The van der Waals surface area contributed by atoms with Crippen molar-refractivity contribution in [2.75, 3.05) is 11.9 Å². The molecule has 32 heavy (non-hydrogen) atoms. The first-order valence-electron chi connectivity index (χ1n) is 10.8. The Labute approximate surface area is 194 Å². The average molecular weight is 448 g/mol. The first kappa shape index (κ1) is 22.0. The normalized spacial score (nSPS) is 18.0. The molecule has 0 saturated carbocycles. The van der Waals surface area contributed by atoms with E-state index in [1.807, 2.05) is 49.4 Å². The lowest BCUT2D eigenvalue weighted by molar-refractivity contribution is -0.116. The molecule has 0 spiro atoms. The zero-order chi connectivity index (χ0) is 22.8. The molecule has 7 heteroatoms. The van der Waals surface area contributed by atoms with Crippen molar-refractivity contribution in [2.24, 2.45) is 7.05 Å². The zero-order valence-electron chi connectivity index (χ0n) is 18.9. The van der Waals surface area contributed by atoms with Crippen LogP contribution >= 0.6 is 12.2 Å². The van der Waals surface area contributed by atoms with Crippen LogP contribution in [0.2, 0.25) is 0 Å². The number of aryl methyl sites for hydroxylation is 2. The van der Waals surface area contributed by atoms with Gasteiger partial charge in [-0.25, -0.2) is 0 Å². The second-order valence-electron chi connectivity index (χ2n) is 8.32. The molecule has 1 aromatic carbocycles. The van der Waals surface area contributed by atoms with Gasteiger partial charge in [0.05, 0.1) is 17.8 Å². The van der Waals surface area contributed by atoms with Crippen LogP contribution in [-0.4, -0.2) is 32.0 Å². The van der Waals surface area contributed by atoms with Crippen molar-refractivity contribution in [3.8, 4) is 0 Å². The maximum Gasteiger partial charge on any atom is 0.226 e. The van der Waals surface area contributed by atoms with Gasteiger partial charge in [-0.1, -0.05) is 24.3 Å². The molecule has 2 N–H and O–H groups in total. The van der Waals surface area contributed by atoms with Gasteiger partial charge in [-0.3, -0.25) is 9.78 Å². The maximum absolute atomic E-state index is 12.7. The summed E-state index contributed by atoms with van der Waals surface area (Å²) in [5.41, 5.74) is 6.40. The van der Waals surface area contributed by atoms with E-state index < -0.39 is 0 Å². The topological polar surface area (TPSA) is 62.2 Å². The number of nitrogens with one attached hydrogen (secondary N) is 2. The third-order valence-electron chi connectivity index (χ3n) is 6.33. The molecule has 6 nitrogen and oxygen atoms in total. The lowest BCUT2D eigenvalue weighted by Gasteiger charge is -2.28. The smallest absolute Gasteiger partial charge is 0.226 e. The van der Waals surface area contributed by atoms with E-state index in [2.05, 4.69) is 52.0 Å². The third kappa shape index (κ3) is 4.25. The highest BCUT2D eigenvalue weighted by molar-refractivity contribution is 7.80. The Morgan fingerprint density at radius 1 is 1.16 bits per heavy atom. The number of para-hydroxylation sites is 1. The number of amides is 1. The van der Waals surface area contributed by atoms with Gasteiger partial charge >= 0.3 is 0 Å². The molecule has 2 atom stereocenters. The largest absolute Gasteiger partial charge is 0.352 e. The summed E-state index contributed by atoms with van der Waals surface area (Å²) in [6.07, 6.45) is 2.14. The van der Waals surface area contributed by atoms with Crippen LogP contribution in [0.3, 0.4) is 0 Å². The van der Waals surface area contributed by atoms with Crippen LogP contribution in [0.4, 0.5) is 5.69 Å². The Hall–Kier alpha value is -3.19. The minimum Gasteiger partial charge on any atom is -0.352 e. The van der Waals surface area contributed by atoms with E-state index in [0.717, 1.165) is 16.9 Å². The molecule has 3 heterocycles. The predicted octanol–water partition coefficient (Wildman–Crippen LogP) is 4.35. The van der Waals surface area contributed by atoms with Crippen molar-refractivity contribution < 1.29 is 4.79 Å². The number of hydrogen-bond donors (Lipinski definition) is 2. The monoisotopic (exact) mass is 447 g/mol. The number of aromatic nitrogens is 2. The standard InChI is InChI=1S/C25H29N5OS/c1-16-9-5-6-10-20(16)27-22(31)12-14-30-24(19-15-17(2)29(4)18(19)3)23(28-25(30)32)21-11-7-8-13-26-21/h5-11,13,15,23-24H,12,14H2,1-4H3,(H,27,31)(H,28,32)/t23-,24-/m0/s1. The van der Waals surface area contributed by atoms with Gasteiger partial charge in [-0.05, 0) is 68.4 Å². The van der Waals surface area contributed by atoms with E-state index in [1.165, 1.54) is 17.0 Å². The molecule has 1 fully saturated rings. The molecular formula is C25H29N5OS. The minimum absolute atomic E-state index is 0.0249. The van der Waals surface area contributed by atoms with Gasteiger partial charge < -0.3 is 20.1 Å². The first-order chi connectivity index (χ1) is 15.4. The molecule has 0 radical (unpaired) electrons. The fraction of sp³-hybridized carbons (Fsp3) is 0.320. The zero-order valence-corrected chi connectivity index (χ0v) is 19.7. The predicted molar refractivity (Wildman–Crippen MR) is 131 cm³/mol. The van der Waals surface area contributed by atoms with Crippen molar-refractivity contribution in [2.45, 2.75) is 39.3 Å². The second-order valence-corrected chi connectivity index (χ2v) is 8.71. The van der Waals surface area contributed by atoms with Crippen molar-refractivity contribution >= 4 is 28.9 Å². The number of pyridine rings is 1. The summed E-state index contributed by atoms with van der Waals surface area (Å²) in [6.45, 7) is 6.74. The van der Waals surface area contributed by atoms with Crippen LogP contribution < -0.4 is 10.6 Å². The molecule has 1 aliphatic heterocycles. The Morgan fingerprint density at radius 3 is 2.56 bits per heavy atom. The fourth-order valence-electron chi connectivity index (χ4n) is 4.32. The molecule has 4 rings (SSSR count). The molecule has 0 bridgehead atoms. The van der Waals surface area contributed by atoms with Crippen molar-refractivity contribution in [3.63, 3.8) is 0 Å². The van der Waals surface area contributed by atoms with Crippen molar-refractivity contribution in [1.29, 1.82) is 0 Å². The van der Waals surface area contributed by atoms with E-state index in [9.17, 15) is 4.79 Å². The summed E-state index contributed by atoms with van der Waals surface area (Å²) < 4.78 is 2.19. The van der Waals surface area contributed by atoms with Crippen molar-refractivity contribution in [3.05, 3.63) is 82.9 Å². The van der Waals surface area contributed by atoms with Gasteiger partial charge in [-0.15, -0.1) is 0 Å². The number of anilines is 1. The molecule has 0 unspecified atom stereocenters. The molecular weight excluding hydrogens is 418 g/mol. The SMILES string of the molecule is Cc1ccccc1NC(=O)CCN1C(=S)N[C@@H](c2ccccn2)[C@@H]1c1cc(C)n(C)c1C. The molecule has 1 saturated heterocycles. The minimum atomic E-state index is -0.0800. The van der Waals surface area contributed by atoms with E-state index in [1.54, 1.807) is 6.20 Å². The number of rotatable bonds is 6. The maximum atomic E-state index is 12.7. The van der Waals surface area contributed by atoms with E-state index in [4.69, 9.17) is 12.2 Å². The summed E-state index contributed by atoms with van der Waals surface area (Å²) in [7, 11) is 2.07. The number of carbonyl (C=O) groups excluding carboxylic acids is 1. The quantitative estimate of drug-likeness (QED) is 0.550. The average Bonchev–Trinajstić information content (AvgIpc) is 3.25. The van der Waals surface area contributed by atoms with E-state index in [0.29, 0.717) is 18.1 Å². The van der Waals surface area contributed by atoms with Crippen molar-refractivity contribution in [1.82, 2.24) is 19.8 Å². The number of nitrogens with zero attached hydrogens (tertiary/aromatic N) is 3. The second kappa shape index (κ2) is 9.12. The van der Waals surface area contributed by atoms with Crippen LogP contribution in [0.5, 0.6) is 0 Å². The third-order valence-corrected chi connectivity index (χ3v) is 6.68. The summed E-state index contributed by atoms with van der Waals surface area (Å²) in [5.74, 6) is -0.0249. The molecule has 0 aliphatic carbocycles. The number of thiocarbonyl (C=S) groups is 1. The summed E-state index contributed by atoms with van der Waals surface area (Å²) in [4.78, 5) is 19.5. The Bertz CT molecular complexity index is 1140. The van der Waals surface area contributed by atoms with Crippen LogP contribution in [0.25, 0.3) is 0 Å². The number of benzene rings is 1. The van der Waals surface area contributed by atoms with Crippen LogP contribution in [0.1, 0.15) is 46.7 Å². The highest BCUT2D eigenvalue weighted by Gasteiger charge is 2.41. The molecule has 166 valence electrons. The van der Waals surface area contributed by atoms with Gasteiger partial charge in [0.1, 0.15) is 0 Å². The van der Waals surface area contributed by atoms with Crippen LogP contribution in [-0.2, 0) is 11.8 Å². The Balaban J connectivity index is 1.59. The summed E-state index contributed by atoms with van der Waals surface area (Å²) >= 11 is 5.73. The van der Waals surface area contributed by atoms with Gasteiger partial charge in [0.2, 0.25) is 5.91 Å². The summed E-state index contributed by atoms with van der Waals surface area (Å²) in [5, 5.41) is 7.13. The highest BCUT2D eigenvalue weighted by atomic mass is 32.1. The first-order valence-corrected chi connectivity index (χ1v) is 11.2. The highest BCUT2D eigenvalue weighted by Crippen LogP contribution is 2.40. The summed E-state index contributed by atoms with van der Waals surface area (Å²) in [6, 6.07) is 15.8. The van der Waals surface area contributed by atoms with E-state index >= 15 is 0 Å².